The Morgan fingerprint density at radius 1 is 0.783 bits per heavy atom. The maximum atomic E-state index is 10.3. The van der Waals surface area contributed by atoms with Crippen molar-refractivity contribution in [1.82, 2.24) is 0 Å². The summed E-state index contributed by atoms with van der Waals surface area (Å²) in [5, 5.41) is 52.6. The Kier molecular flexibility index (Phi) is 19.1. The van der Waals surface area contributed by atoms with Crippen molar-refractivity contribution in [3.05, 3.63) is 12.2 Å². The Morgan fingerprint density at radius 3 is 1.17 bits per heavy atom. The molecule has 0 heterocycles. The van der Waals surface area contributed by atoms with Gasteiger partial charge in [-0.05, 0) is 12.2 Å². The van der Waals surface area contributed by atoms with E-state index in [9.17, 15) is 34.2 Å². The summed E-state index contributed by atoms with van der Waals surface area (Å²) in [5.41, 5.74) is -2.74. The van der Waals surface area contributed by atoms with E-state index in [1.165, 1.54) is 0 Å². The Labute approximate surface area is 173 Å². The standard InChI is InChI=1S/C6H8O7.C4H4O4.2Na/c7-3(8)1-6(13,5(11)12)2-4(9)10;5-3(6)1-2-4(7)8;;/h13H,1-2H2,(H,7,8)(H,9,10)(H,11,12);1-2H,(H,5,6)(H,7,8);;/q;;2*+1/p-2/b;2-1+;;. The van der Waals surface area contributed by atoms with Crippen molar-refractivity contribution in [3.63, 3.8) is 0 Å². The molecule has 4 N–H and O–H groups in total. The smallest absolute Gasteiger partial charge is 0.545 e. The molecule has 0 aliphatic carbocycles. The summed E-state index contributed by atoms with van der Waals surface area (Å²) in [6, 6.07) is 0. The van der Waals surface area contributed by atoms with Crippen LogP contribution in [0.1, 0.15) is 12.8 Å². The first-order chi connectivity index (χ1) is 9.40. The van der Waals surface area contributed by atoms with E-state index in [0.717, 1.165) is 0 Å². The molecule has 0 aliphatic rings. The van der Waals surface area contributed by atoms with Crippen LogP contribution in [0.15, 0.2) is 12.2 Å². The minimum absolute atomic E-state index is 0. The van der Waals surface area contributed by atoms with E-state index in [1.807, 2.05) is 0 Å². The number of carboxylic acids is 5. The second-order valence-electron chi connectivity index (χ2n) is 3.45. The molecule has 0 atom stereocenters. The van der Waals surface area contributed by atoms with Crippen LogP contribution in [0.5, 0.6) is 0 Å². The summed E-state index contributed by atoms with van der Waals surface area (Å²) in [4.78, 5) is 49.3. The van der Waals surface area contributed by atoms with Crippen LogP contribution in [0.4, 0.5) is 0 Å². The third kappa shape index (κ3) is 19.0. The van der Waals surface area contributed by atoms with Crippen molar-refractivity contribution in [2.45, 2.75) is 18.4 Å². The number of hydrogen-bond donors (Lipinski definition) is 4. The molecule has 0 radical (unpaired) electrons. The number of carboxylic acid groups (broad SMARTS) is 5. The predicted molar refractivity (Wildman–Crippen MR) is 56.2 cm³/mol. The van der Waals surface area contributed by atoms with Gasteiger partial charge in [-0.3, -0.25) is 9.59 Å². The Balaban J connectivity index is -0.000000158. The zero-order chi connectivity index (χ0) is 17.2. The van der Waals surface area contributed by atoms with Crippen LogP contribution in [0.25, 0.3) is 0 Å². The van der Waals surface area contributed by atoms with Gasteiger partial charge in [0.1, 0.15) is 0 Å². The molecule has 0 aromatic carbocycles. The van der Waals surface area contributed by atoms with Crippen molar-refractivity contribution in [3.8, 4) is 0 Å². The largest absolute Gasteiger partial charge is 1.00 e. The maximum Gasteiger partial charge on any atom is 1.00 e. The fourth-order valence-corrected chi connectivity index (χ4v) is 0.850. The van der Waals surface area contributed by atoms with Crippen LogP contribution < -0.4 is 69.3 Å². The van der Waals surface area contributed by atoms with Crippen molar-refractivity contribution >= 4 is 29.8 Å². The molecule has 0 rings (SSSR count). The molecule has 0 aromatic rings. The molecule has 0 fully saturated rings. The van der Waals surface area contributed by atoms with E-state index in [-0.39, 0.29) is 59.1 Å². The summed E-state index contributed by atoms with van der Waals surface area (Å²) < 4.78 is 0. The van der Waals surface area contributed by atoms with Gasteiger partial charge in [-0.15, -0.1) is 0 Å². The van der Waals surface area contributed by atoms with E-state index in [4.69, 9.17) is 20.4 Å². The number of carbonyl (C=O) groups is 5. The topological polar surface area (TPSA) is 212 Å². The fraction of sp³-hybridized carbons (Fsp3) is 0.300. The third-order valence-corrected chi connectivity index (χ3v) is 1.64. The van der Waals surface area contributed by atoms with Crippen molar-refractivity contribution in [2.75, 3.05) is 0 Å². The van der Waals surface area contributed by atoms with Gasteiger partial charge < -0.3 is 40.2 Å². The average molecular weight is 352 g/mol. The summed E-state index contributed by atoms with van der Waals surface area (Å²) in [6.07, 6.45) is -1.52. The van der Waals surface area contributed by atoms with Crippen molar-refractivity contribution in [1.29, 1.82) is 0 Å². The Hall–Kier alpha value is -0.950. The minimum Gasteiger partial charge on any atom is -0.545 e. The van der Waals surface area contributed by atoms with E-state index in [1.54, 1.807) is 0 Å². The van der Waals surface area contributed by atoms with Gasteiger partial charge in [-0.2, -0.15) is 0 Å². The van der Waals surface area contributed by atoms with E-state index >= 15 is 0 Å². The zero-order valence-corrected chi connectivity index (χ0v) is 16.2. The first-order valence-electron chi connectivity index (χ1n) is 4.90. The molecule has 0 saturated carbocycles. The van der Waals surface area contributed by atoms with Gasteiger partial charge in [0.05, 0.1) is 24.8 Å². The number of carbonyl (C=O) groups excluding carboxylic acids is 2. The predicted octanol–water partition coefficient (Wildman–Crippen LogP) is -10.2. The molecule has 11 nitrogen and oxygen atoms in total. The number of rotatable bonds is 7. The van der Waals surface area contributed by atoms with Crippen LogP contribution in [0.2, 0.25) is 0 Å². The Bertz CT molecular complexity index is 439. The number of aliphatic hydroxyl groups is 1. The molecular weight excluding hydrogens is 342 g/mol. The molecule has 23 heavy (non-hydrogen) atoms. The summed E-state index contributed by atoms with van der Waals surface area (Å²) in [6.45, 7) is 0. The molecule has 0 aromatic heterocycles. The number of aliphatic carboxylic acids is 5. The van der Waals surface area contributed by atoms with Crippen LogP contribution in [0, 0.1) is 0 Å². The molecule has 0 amide bonds. The van der Waals surface area contributed by atoms with Crippen LogP contribution >= 0.6 is 0 Å². The summed E-state index contributed by atoms with van der Waals surface area (Å²) >= 11 is 0. The number of hydrogen-bond acceptors (Lipinski definition) is 8. The molecule has 0 unspecified atom stereocenters. The molecule has 0 spiro atoms. The SMILES string of the molecule is O=C(O)CC(O)(CC(=O)O)C(=O)O.O=C([O-])/C=C/C(=O)[O-].[Na+].[Na+]. The van der Waals surface area contributed by atoms with E-state index in [2.05, 4.69) is 0 Å². The summed E-state index contributed by atoms with van der Waals surface area (Å²) in [7, 11) is 0. The zero-order valence-electron chi connectivity index (χ0n) is 12.2. The van der Waals surface area contributed by atoms with Crippen LogP contribution in [-0.2, 0) is 24.0 Å². The first-order valence-corrected chi connectivity index (χ1v) is 4.90. The second kappa shape index (κ2) is 14.6. The quantitative estimate of drug-likeness (QED) is 0.249. The van der Waals surface area contributed by atoms with Crippen molar-refractivity contribution < 1.29 is 114 Å². The molecule has 0 aliphatic heterocycles. The van der Waals surface area contributed by atoms with Gasteiger partial charge in [0.25, 0.3) is 0 Å². The molecule has 13 heteroatoms. The van der Waals surface area contributed by atoms with Crippen LogP contribution in [0.3, 0.4) is 0 Å². The maximum absolute atomic E-state index is 10.3. The Morgan fingerprint density at radius 2 is 1.04 bits per heavy atom. The second-order valence-corrected chi connectivity index (χ2v) is 3.45. The fourth-order valence-electron chi connectivity index (χ4n) is 0.850. The van der Waals surface area contributed by atoms with E-state index < -0.39 is 48.3 Å². The normalized spacial score (nSPS) is 9.43. The molecule has 118 valence electrons. The van der Waals surface area contributed by atoms with Gasteiger partial charge in [0.2, 0.25) is 0 Å². The third-order valence-electron chi connectivity index (χ3n) is 1.64. The molecular formula is C10H10Na2O11. The van der Waals surface area contributed by atoms with Gasteiger partial charge in [0, 0.05) is 0 Å². The van der Waals surface area contributed by atoms with Gasteiger partial charge in [-0.1, -0.05) is 0 Å². The van der Waals surface area contributed by atoms with Gasteiger partial charge in [-0.25, -0.2) is 4.79 Å². The molecule has 0 saturated heterocycles. The van der Waals surface area contributed by atoms with Gasteiger partial charge >= 0.3 is 77.0 Å². The van der Waals surface area contributed by atoms with Gasteiger partial charge in [0.15, 0.2) is 5.60 Å². The monoisotopic (exact) mass is 352 g/mol. The minimum atomic E-state index is -2.74. The average Bonchev–Trinajstić information content (AvgIpc) is 2.24. The van der Waals surface area contributed by atoms with Crippen molar-refractivity contribution in [2.24, 2.45) is 0 Å². The first kappa shape index (κ1) is 30.0. The summed E-state index contributed by atoms with van der Waals surface area (Å²) in [5.74, 6) is -8.11. The van der Waals surface area contributed by atoms with Crippen LogP contribution in [-0.4, -0.2) is 55.9 Å². The molecule has 0 bridgehead atoms. The van der Waals surface area contributed by atoms with E-state index in [0.29, 0.717) is 12.2 Å².